The molecule has 0 unspecified atom stereocenters. The molecule has 0 bridgehead atoms. The third kappa shape index (κ3) is 14.2. The number of carbonyl (C=O) groups is 2. The molecule has 0 spiro atoms. The third-order valence-corrected chi connectivity index (χ3v) is 3.52. The van der Waals surface area contributed by atoms with Gasteiger partial charge in [0.25, 0.3) is 0 Å². The van der Waals surface area contributed by atoms with Crippen LogP contribution in [-0.2, 0) is 33.3 Å². The zero-order valence-electron chi connectivity index (χ0n) is 17.8. The van der Waals surface area contributed by atoms with Gasteiger partial charge < -0.3 is 23.7 Å². The summed E-state index contributed by atoms with van der Waals surface area (Å²) in [4.78, 5) is 22.6. The van der Waals surface area contributed by atoms with E-state index >= 15 is 0 Å². The zero-order chi connectivity index (χ0) is 21.3. The van der Waals surface area contributed by atoms with Crippen LogP contribution in [-0.4, -0.2) is 72.7 Å². The standard InChI is InChI=1S/C10H17NO3.C9H18O4/c1-10(2,9(12)4-5-11)8-14-7-6-13-3;1-9(2,8(10)12-4)7-13-6-5-11-3/h4,6-8H2,1-3H3;5-7H2,1-4H3. The van der Waals surface area contributed by atoms with Gasteiger partial charge in [-0.15, -0.1) is 0 Å². The Balaban J connectivity index is 0. The predicted molar refractivity (Wildman–Crippen MR) is 100 cm³/mol. The number of hydrogen-bond acceptors (Lipinski definition) is 8. The number of rotatable bonds is 13. The van der Waals surface area contributed by atoms with E-state index in [4.69, 9.17) is 24.2 Å². The van der Waals surface area contributed by atoms with E-state index < -0.39 is 10.8 Å². The topological polar surface area (TPSA) is 104 Å². The van der Waals surface area contributed by atoms with Crippen LogP contribution in [0.3, 0.4) is 0 Å². The molecule has 27 heavy (non-hydrogen) atoms. The predicted octanol–water partition coefficient (Wildman–Crippen LogP) is 2.01. The summed E-state index contributed by atoms with van der Waals surface area (Å²) in [6, 6.07) is 1.85. The number of Topliss-reactive ketones (excluding diaryl/α,β-unsaturated/α-hetero) is 1. The smallest absolute Gasteiger partial charge is 0.313 e. The fourth-order valence-corrected chi connectivity index (χ4v) is 1.67. The first-order valence-corrected chi connectivity index (χ1v) is 8.71. The monoisotopic (exact) mass is 389 g/mol. The van der Waals surface area contributed by atoms with Crippen molar-refractivity contribution in [1.29, 1.82) is 5.26 Å². The Bertz CT molecular complexity index is 455. The number of ether oxygens (including phenoxy) is 5. The molecule has 0 saturated heterocycles. The van der Waals surface area contributed by atoms with Crippen LogP contribution in [0.4, 0.5) is 0 Å². The van der Waals surface area contributed by atoms with Crippen molar-refractivity contribution in [3.05, 3.63) is 0 Å². The van der Waals surface area contributed by atoms with Crippen molar-refractivity contribution >= 4 is 11.8 Å². The zero-order valence-corrected chi connectivity index (χ0v) is 17.8. The molecule has 158 valence electrons. The van der Waals surface area contributed by atoms with Crippen molar-refractivity contribution in [1.82, 2.24) is 0 Å². The van der Waals surface area contributed by atoms with Gasteiger partial charge in [0.15, 0.2) is 5.78 Å². The van der Waals surface area contributed by atoms with Crippen molar-refractivity contribution in [2.24, 2.45) is 10.8 Å². The molecule has 0 fully saturated rings. The summed E-state index contributed by atoms with van der Waals surface area (Å²) in [7, 11) is 4.57. The van der Waals surface area contributed by atoms with Crippen molar-refractivity contribution in [3.8, 4) is 6.07 Å². The molecule has 0 amide bonds. The Morgan fingerprint density at radius 3 is 1.63 bits per heavy atom. The summed E-state index contributed by atoms with van der Waals surface area (Å²) in [6.45, 7) is 9.83. The summed E-state index contributed by atoms with van der Waals surface area (Å²) in [5, 5.41) is 8.38. The van der Waals surface area contributed by atoms with Crippen LogP contribution >= 0.6 is 0 Å². The molecular formula is C19H35NO7. The van der Waals surface area contributed by atoms with E-state index in [0.717, 1.165) is 0 Å². The van der Waals surface area contributed by atoms with Gasteiger partial charge in [-0.25, -0.2) is 0 Å². The molecule has 0 aliphatic heterocycles. The molecule has 0 heterocycles. The first-order chi connectivity index (χ1) is 12.6. The van der Waals surface area contributed by atoms with Gasteiger partial charge in [0, 0.05) is 19.6 Å². The maximum absolute atomic E-state index is 11.4. The lowest BCUT2D eigenvalue weighted by Crippen LogP contribution is -2.31. The second-order valence-corrected chi connectivity index (χ2v) is 7.11. The van der Waals surface area contributed by atoms with Gasteiger partial charge in [-0.05, 0) is 13.8 Å². The Morgan fingerprint density at radius 2 is 1.26 bits per heavy atom. The van der Waals surface area contributed by atoms with E-state index in [1.165, 1.54) is 7.11 Å². The van der Waals surface area contributed by atoms with Gasteiger partial charge >= 0.3 is 5.97 Å². The van der Waals surface area contributed by atoms with Gasteiger partial charge in [-0.2, -0.15) is 5.26 Å². The van der Waals surface area contributed by atoms with E-state index in [9.17, 15) is 9.59 Å². The summed E-state index contributed by atoms with van der Waals surface area (Å²) < 4.78 is 24.7. The molecule has 8 heteroatoms. The number of nitriles is 1. The molecule has 0 rings (SSSR count). The fourth-order valence-electron chi connectivity index (χ4n) is 1.67. The molecule has 0 aliphatic carbocycles. The molecule has 0 N–H and O–H groups in total. The normalized spacial score (nSPS) is 11.2. The van der Waals surface area contributed by atoms with Crippen molar-refractivity contribution < 1.29 is 33.3 Å². The number of methoxy groups -OCH3 is 3. The van der Waals surface area contributed by atoms with E-state index in [0.29, 0.717) is 39.6 Å². The fraction of sp³-hybridized carbons (Fsp3) is 0.842. The van der Waals surface area contributed by atoms with E-state index in [1.807, 2.05) is 6.07 Å². The molecule has 0 aromatic rings. The number of ketones is 1. The second kappa shape index (κ2) is 15.5. The maximum Gasteiger partial charge on any atom is 0.313 e. The highest BCUT2D eigenvalue weighted by molar-refractivity contribution is 5.85. The lowest BCUT2D eigenvalue weighted by Gasteiger charge is -2.21. The minimum atomic E-state index is -0.581. The van der Waals surface area contributed by atoms with Crippen molar-refractivity contribution in [2.75, 3.05) is 61.0 Å². The quantitative estimate of drug-likeness (QED) is 0.348. The maximum atomic E-state index is 11.4. The summed E-state index contributed by atoms with van der Waals surface area (Å²) in [5.41, 5.74) is -1.16. The molecule has 8 nitrogen and oxygen atoms in total. The highest BCUT2D eigenvalue weighted by Crippen LogP contribution is 2.18. The van der Waals surface area contributed by atoms with Gasteiger partial charge in [0.1, 0.15) is 0 Å². The molecule has 0 saturated carbocycles. The van der Waals surface area contributed by atoms with Crippen LogP contribution in [0, 0.1) is 22.2 Å². The minimum Gasteiger partial charge on any atom is -0.469 e. The van der Waals surface area contributed by atoms with Gasteiger partial charge in [-0.1, -0.05) is 13.8 Å². The van der Waals surface area contributed by atoms with Crippen LogP contribution < -0.4 is 0 Å². The minimum absolute atomic E-state index is 0.0549. The van der Waals surface area contributed by atoms with E-state index in [-0.39, 0.29) is 18.2 Å². The summed E-state index contributed by atoms with van der Waals surface area (Å²) in [6.07, 6.45) is -0.0549. The average molecular weight is 389 g/mol. The van der Waals surface area contributed by atoms with Crippen LogP contribution in [0.5, 0.6) is 0 Å². The van der Waals surface area contributed by atoms with Crippen LogP contribution in [0.2, 0.25) is 0 Å². The first-order valence-electron chi connectivity index (χ1n) is 8.71. The van der Waals surface area contributed by atoms with Crippen molar-refractivity contribution in [3.63, 3.8) is 0 Å². The lowest BCUT2D eigenvalue weighted by atomic mass is 9.88. The van der Waals surface area contributed by atoms with Crippen LogP contribution in [0.25, 0.3) is 0 Å². The first kappa shape index (κ1) is 27.7. The van der Waals surface area contributed by atoms with Crippen LogP contribution in [0.15, 0.2) is 0 Å². The number of nitrogens with zero attached hydrogens (tertiary/aromatic N) is 1. The number of esters is 1. The molecule has 0 aromatic carbocycles. The molecule has 0 aliphatic rings. The Morgan fingerprint density at radius 1 is 0.815 bits per heavy atom. The lowest BCUT2D eigenvalue weighted by molar-refractivity contribution is -0.154. The summed E-state index contributed by atoms with van der Waals surface area (Å²) in [5.74, 6) is -0.345. The van der Waals surface area contributed by atoms with Crippen molar-refractivity contribution in [2.45, 2.75) is 34.1 Å². The highest BCUT2D eigenvalue weighted by atomic mass is 16.5. The van der Waals surface area contributed by atoms with Crippen LogP contribution in [0.1, 0.15) is 34.1 Å². The molecule has 0 aromatic heterocycles. The Kier molecular flexibility index (Phi) is 15.9. The number of carbonyl (C=O) groups excluding carboxylic acids is 2. The van der Waals surface area contributed by atoms with Gasteiger partial charge in [0.2, 0.25) is 0 Å². The molecule has 0 atom stereocenters. The van der Waals surface area contributed by atoms with Gasteiger partial charge in [-0.3, -0.25) is 9.59 Å². The van der Waals surface area contributed by atoms with Gasteiger partial charge in [0.05, 0.1) is 64.7 Å². The molecular weight excluding hydrogens is 354 g/mol. The summed E-state index contributed by atoms with van der Waals surface area (Å²) >= 11 is 0. The SMILES string of the molecule is COCCOCC(C)(C)C(=O)CC#N.COCCOCC(C)(C)C(=O)OC. The Labute approximate surface area is 163 Å². The third-order valence-electron chi connectivity index (χ3n) is 3.52. The molecule has 0 radical (unpaired) electrons. The number of hydrogen-bond donors (Lipinski definition) is 0. The van der Waals surface area contributed by atoms with E-state index in [1.54, 1.807) is 41.9 Å². The largest absolute Gasteiger partial charge is 0.469 e. The second-order valence-electron chi connectivity index (χ2n) is 7.11. The average Bonchev–Trinajstić information content (AvgIpc) is 2.62. The van der Waals surface area contributed by atoms with E-state index in [2.05, 4.69) is 4.74 Å². The Hall–Kier alpha value is -1.53. The highest BCUT2D eigenvalue weighted by Gasteiger charge is 2.29.